The van der Waals surface area contributed by atoms with E-state index in [1.165, 1.54) is 16.7 Å². The molecule has 4 rings (SSSR count). The van der Waals surface area contributed by atoms with E-state index in [1.807, 2.05) is 0 Å². The zero-order valence-corrected chi connectivity index (χ0v) is 20.3. The number of rotatable bonds is 8. The van der Waals surface area contributed by atoms with Gasteiger partial charge in [-0.2, -0.15) is 5.10 Å². The van der Waals surface area contributed by atoms with Crippen molar-refractivity contribution in [1.29, 1.82) is 0 Å². The van der Waals surface area contributed by atoms with Gasteiger partial charge in [0.05, 0.1) is 24.1 Å². The van der Waals surface area contributed by atoms with Crippen LogP contribution in [0.3, 0.4) is 0 Å². The topological polar surface area (TPSA) is 123 Å². The van der Waals surface area contributed by atoms with Gasteiger partial charge in [-0.15, -0.1) is 0 Å². The first-order valence-corrected chi connectivity index (χ1v) is 12.0. The summed E-state index contributed by atoms with van der Waals surface area (Å²) in [6.07, 6.45) is 2.69. The van der Waals surface area contributed by atoms with Crippen molar-refractivity contribution in [2.24, 2.45) is 5.92 Å². The second-order valence-electron chi connectivity index (χ2n) is 8.65. The highest BCUT2D eigenvalue weighted by atomic mass is 16.5. The van der Waals surface area contributed by atoms with Crippen LogP contribution in [-0.4, -0.2) is 41.2 Å². The van der Waals surface area contributed by atoms with Crippen molar-refractivity contribution >= 4 is 34.2 Å². The van der Waals surface area contributed by atoms with Crippen molar-refractivity contribution < 1.29 is 19.1 Å². The number of amides is 3. The number of methoxy groups -OCH3 is 1. The van der Waals surface area contributed by atoms with Crippen LogP contribution >= 0.6 is 0 Å². The summed E-state index contributed by atoms with van der Waals surface area (Å²) in [6, 6.07) is 13.8. The Balaban J connectivity index is 1.47. The maximum Gasteiger partial charge on any atom is 0.290 e. The molecule has 1 saturated heterocycles. The third-order valence-electron chi connectivity index (χ3n) is 6.23. The number of aryl methyl sites for hydroxylation is 1. The number of anilines is 1. The highest BCUT2D eigenvalue weighted by Gasteiger charge is 2.36. The van der Waals surface area contributed by atoms with E-state index in [0.717, 1.165) is 19.3 Å². The molecule has 3 amide bonds. The minimum absolute atomic E-state index is 0.00321. The molecule has 1 unspecified atom stereocenters. The predicted molar refractivity (Wildman–Crippen MR) is 135 cm³/mol. The predicted octanol–water partition coefficient (Wildman–Crippen LogP) is 2.41. The molecule has 1 aliphatic heterocycles. The van der Waals surface area contributed by atoms with Crippen LogP contribution in [0.4, 0.5) is 5.69 Å². The normalized spacial score (nSPS) is 15.2. The lowest BCUT2D eigenvalue weighted by molar-refractivity contribution is -0.126. The second-order valence-corrected chi connectivity index (χ2v) is 8.65. The van der Waals surface area contributed by atoms with E-state index in [0.29, 0.717) is 28.8 Å². The van der Waals surface area contributed by atoms with E-state index in [9.17, 15) is 19.2 Å². The molecule has 36 heavy (non-hydrogen) atoms. The smallest absolute Gasteiger partial charge is 0.290 e. The van der Waals surface area contributed by atoms with Crippen molar-refractivity contribution in [2.75, 3.05) is 18.6 Å². The molecule has 0 saturated carbocycles. The van der Waals surface area contributed by atoms with Crippen LogP contribution in [0.2, 0.25) is 0 Å². The number of hydrazine groups is 1. The lowest BCUT2D eigenvalue weighted by Crippen LogP contribution is -2.46. The molecule has 10 nitrogen and oxygen atoms in total. The number of fused-ring (bicyclic) bond motifs is 1. The number of aromatic nitrogens is 2. The third kappa shape index (κ3) is 5.07. The van der Waals surface area contributed by atoms with Gasteiger partial charge in [-0.25, -0.2) is 4.68 Å². The van der Waals surface area contributed by atoms with E-state index in [-0.39, 0.29) is 30.1 Å². The van der Waals surface area contributed by atoms with E-state index in [4.69, 9.17) is 4.74 Å². The van der Waals surface area contributed by atoms with Gasteiger partial charge in [-0.3, -0.25) is 30.0 Å². The van der Waals surface area contributed by atoms with E-state index in [1.54, 1.807) is 48.5 Å². The first-order chi connectivity index (χ1) is 17.4. The Morgan fingerprint density at radius 1 is 1.03 bits per heavy atom. The Bertz CT molecular complexity index is 1350. The van der Waals surface area contributed by atoms with Gasteiger partial charge in [0, 0.05) is 24.9 Å². The van der Waals surface area contributed by atoms with Gasteiger partial charge < -0.3 is 9.64 Å². The maximum atomic E-state index is 13.0. The number of hydrogen-bond acceptors (Lipinski definition) is 6. The minimum Gasteiger partial charge on any atom is -0.495 e. The molecule has 2 heterocycles. The average Bonchev–Trinajstić information content (AvgIpc) is 3.29. The number of unbranched alkanes of at least 4 members (excludes halogenated alkanes) is 2. The monoisotopic (exact) mass is 491 g/mol. The van der Waals surface area contributed by atoms with Crippen molar-refractivity contribution in [1.82, 2.24) is 20.6 Å². The van der Waals surface area contributed by atoms with Crippen LogP contribution in [0.5, 0.6) is 5.75 Å². The van der Waals surface area contributed by atoms with Crippen molar-refractivity contribution in [3.63, 3.8) is 0 Å². The molecule has 0 bridgehead atoms. The zero-order chi connectivity index (χ0) is 25.7. The molecule has 2 aromatic carbocycles. The molecule has 10 heteroatoms. The Kier molecular flexibility index (Phi) is 7.62. The highest BCUT2D eigenvalue weighted by molar-refractivity contribution is 6.06. The average molecular weight is 492 g/mol. The summed E-state index contributed by atoms with van der Waals surface area (Å²) >= 11 is 0. The van der Waals surface area contributed by atoms with Crippen LogP contribution in [0, 0.1) is 5.92 Å². The van der Waals surface area contributed by atoms with Gasteiger partial charge >= 0.3 is 0 Å². The fourth-order valence-corrected chi connectivity index (χ4v) is 4.31. The Morgan fingerprint density at radius 3 is 2.50 bits per heavy atom. The van der Waals surface area contributed by atoms with Gasteiger partial charge in [-0.05, 0) is 24.6 Å². The molecule has 0 radical (unpaired) electrons. The van der Waals surface area contributed by atoms with Crippen molar-refractivity contribution in [2.45, 2.75) is 39.2 Å². The van der Waals surface area contributed by atoms with E-state index >= 15 is 0 Å². The number of benzene rings is 2. The first-order valence-electron chi connectivity index (χ1n) is 12.0. The van der Waals surface area contributed by atoms with Gasteiger partial charge in [0.1, 0.15) is 5.75 Å². The van der Waals surface area contributed by atoms with Crippen LogP contribution < -0.4 is 26.0 Å². The van der Waals surface area contributed by atoms with E-state index in [2.05, 4.69) is 22.9 Å². The molecular weight excluding hydrogens is 462 g/mol. The summed E-state index contributed by atoms with van der Waals surface area (Å²) < 4.78 is 6.63. The zero-order valence-electron chi connectivity index (χ0n) is 20.3. The standard InChI is InChI=1S/C26H29N5O5/c1-3-4-9-14-31-26(35)19-11-6-5-10-18(19)23(29-31)25(34)28-27-24(33)17-15-22(32)30(16-17)20-12-7-8-13-21(20)36-2/h5-8,10-13,17H,3-4,9,14-16H2,1-2H3,(H,27,33)(H,28,34). The second kappa shape index (κ2) is 11.0. The molecular formula is C26H29N5O5. The molecule has 0 aliphatic carbocycles. The number of ether oxygens (including phenoxy) is 1. The summed E-state index contributed by atoms with van der Waals surface area (Å²) in [6.45, 7) is 2.61. The molecule has 2 N–H and O–H groups in total. The van der Waals surface area contributed by atoms with Crippen LogP contribution in [0.15, 0.2) is 53.3 Å². The number of carbonyl (C=O) groups is 3. The van der Waals surface area contributed by atoms with Crippen molar-refractivity contribution in [3.8, 4) is 5.75 Å². The van der Waals surface area contributed by atoms with Gasteiger partial charge in [-0.1, -0.05) is 50.1 Å². The maximum absolute atomic E-state index is 13.0. The van der Waals surface area contributed by atoms with E-state index < -0.39 is 17.7 Å². The Labute approximate surface area is 208 Å². The lowest BCUT2D eigenvalue weighted by atomic mass is 10.1. The SMILES string of the molecule is CCCCCn1nc(C(=O)NNC(=O)C2CC(=O)N(c3ccccc3OC)C2)c2ccccc2c1=O. The van der Waals surface area contributed by atoms with Crippen LogP contribution in [-0.2, 0) is 16.1 Å². The summed E-state index contributed by atoms with van der Waals surface area (Å²) in [4.78, 5) is 52.7. The number of nitrogens with one attached hydrogen (secondary N) is 2. The van der Waals surface area contributed by atoms with Gasteiger partial charge in [0.2, 0.25) is 11.8 Å². The number of carbonyl (C=O) groups excluding carboxylic acids is 3. The third-order valence-corrected chi connectivity index (χ3v) is 6.23. The highest BCUT2D eigenvalue weighted by Crippen LogP contribution is 2.32. The van der Waals surface area contributed by atoms with Crippen LogP contribution in [0.1, 0.15) is 43.1 Å². The number of para-hydroxylation sites is 2. The van der Waals surface area contributed by atoms with Gasteiger partial charge in [0.25, 0.3) is 11.5 Å². The summed E-state index contributed by atoms with van der Waals surface area (Å²) in [5.74, 6) is -1.47. The summed E-state index contributed by atoms with van der Waals surface area (Å²) in [7, 11) is 1.52. The Morgan fingerprint density at radius 2 is 1.75 bits per heavy atom. The molecule has 3 aromatic rings. The fourth-order valence-electron chi connectivity index (χ4n) is 4.31. The molecule has 0 spiro atoms. The van der Waals surface area contributed by atoms with Gasteiger partial charge in [0.15, 0.2) is 5.69 Å². The lowest BCUT2D eigenvalue weighted by Gasteiger charge is -2.19. The summed E-state index contributed by atoms with van der Waals surface area (Å²) in [5.41, 5.74) is 5.19. The number of hydrogen-bond donors (Lipinski definition) is 2. The first kappa shape index (κ1) is 24.9. The summed E-state index contributed by atoms with van der Waals surface area (Å²) in [5, 5.41) is 5.08. The van der Waals surface area contributed by atoms with Crippen molar-refractivity contribution in [3.05, 3.63) is 64.6 Å². The quantitative estimate of drug-likeness (QED) is 0.369. The Hall–Kier alpha value is -4.21. The fraction of sp³-hybridized carbons (Fsp3) is 0.346. The molecule has 188 valence electrons. The number of nitrogens with zero attached hydrogens (tertiary/aromatic N) is 3. The molecule has 1 atom stereocenters. The minimum atomic E-state index is -0.657. The molecule has 1 fully saturated rings. The largest absolute Gasteiger partial charge is 0.495 e. The van der Waals surface area contributed by atoms with Crippen LogP contribution in [0.25, 0.3) is 10.8 Å². The molecule has 1 aromatic heterocycles. The molecule has 1 aliphatic rings.